The van der Waals surface area contributed by atoms with Gasteiger partial charge in [0.25, 0.3) is 0 Å². The number of hydrogen-bond donors (Lipinski definition) is 4. The maximum Gasteiger partial charge on any atom is 0.471 e. The van der Waals surface area contributed by atoms with Crippen LogP contribution >= 0.6 is 0 Å². The van der Waals surface area contributed by atoms with Crippen molar-refractivity contribution in [2.24, 2.45) is 34.3 Å². The minimum atomic E-state index is -5.17. The van der Waals surface area contributed by atoms with Crippen molar-refractivity contribution in [1.29, 1.82) is 0 Å². The van der Waals surface area contributed by atoms with Crippen molar-refractivity contribution in [2.45, 2.75) is 84.3 Å². The second-order valence-corrected chi connectivity index (χ2v) is 11.8. The van der Waals surface area contributed by atoms with Gasteiger partial charge in [-0.3, -0.25) is 19.2 Å². The fourth-order valence-electron chi connectivity index (χ4n) is 5.29. The standard InChI is InChI=1S/C23H35F3N4O5/c1-21(2,3)16(29-20(35)23(24,25)26)19(34)30-9-11-13(22(11,4)5)14(30)18(33)28-12(8-10-6-7-10)15(31)17(27)32/h10-16,31H,6-9H2,1-5H3,(H2,27,32)(H,28,33)(H,29,35)/t11?,12?,13?,14?,15?,16-/m1/s1. The van der Waals surface area contributed by atoms with Crippen LogP contribution in [0.3, 0.4) is 0 Å². The zero-order chi connectivity index (χ0) is 26.7. The molecule has 9 nitrogen and oxygen atoms in total. The summed E-state index contributed by atoms with van der Waals surface area (Å²) in [6.07, 6.45) is -4.64. The molecule has 5 unspecified atom stereocenters. The molecule has 0 bridgehead atoms. The molecule has 5 N–H and O–H groups in total. The molecular weight excluding hydrogens is 469 g/mol. The molecule has 2 saturated carbocycles. The van der Waals surface area contributed by atoms with Crippen LogP contribution in [0.5, 0.6) is 0 Å². The van der Waals surface area contributed by atoms with Crippen molar-refractivity contribution in [1.82, 2.24) is 15.5 Å². The zero-order valence-electron chi connectivity index (χ0n) is 20.6. The molecule has 6 atom stereocenters. The number of amides is 4. The van der Waals surface area contributed by atoms with Gasteiger partial charge in [0.2, 0.25) is 17.7 Å². The summed E-state index contributed by atoms with van der Waals surface area (Å²) in [6.45, 7) is 8.60. The number of carbonyl (C=O) groups is 4. The van der Waals surface area contributed by atoms with Gasteiger partial charge in [-0.25, -0.2) is 0 Å². The number of hydrogen-bond acceptors (Lipinski definition) is 5. The molecule has 0 radical (unpaired) electrons. The molecular formula is C23H35F3N4O5. The maximum absolute atomic E-state index is 13.5. The van der Waals surface area contributed by atoms with Gasteiger partial charge in [-0.05, 0) is 35.0 Å². The highest BCUT2D eigenvalue weighted by Gasteiger charge is 2.70. The molecule has 0 aromatic carbocycles. The Labute approximate surface area is 202 Å². The highest BCUT2D eigenvalue weighted by atomic mass is 19.4. The van der Waals surface area contributed by atoms with Crippen LogP contribution in [0.2, 0.25) is 0 Å². The lowest BCUT2D eigenvalue weighted by molar-refractivity contribution is -0.176. The average molecular weight is 505 g/mol. The Bertz CT molecular complexity index is 897. The van der Waals surface area contributed by atoms with Gasteiger partial charge in [0.1, 0.15) is 12.1 Å². The summed E-state index contributed by atoms with van der Waals surface area (Å²) in [7, 11) is 0. The van der Waals surface area contributed by atoms with Crippen LogP contribution in [0.15, 0.2) is 0 Å². The molecule has 35 heavy (non-hydrogen) atoms. The van der Waals surface area contributed by atoms with Crippen LogP contribution in [0.1, 0.15) is 53.9 Å². The Hall–Kier alpha value is -2.37. The number of aliphatic hydroxyl groups excluding tert-OH is 1. The summed E-state index contributed by atoms with van der Waals surface area (Å²) in [5.41, 5.74) is 3.90. The summed E-state index contributed by atoms with van der Waals surface area (Å²) in [5, 5.41) is 14.7. The first kappa shape index (κ1) is 27.2. The Morgan fingerprint density at radius 3 is 2.14 bits per heavy atom. The number of piperidine rings is 1. The second-order valence-electron chi connectivity index (χ2n) is 11.8. The quantitative estimate of drug-likeness (QED) is 0.385. The highest BCUT2D eigenvalue weighted by molar-refractivity contribution is 5.95. The van der Waals surface area contributed by atoms with Gasteiger partial charge >= 0.3 is 12.1 Å². The van der Waals surface area contributed by atoms with Gasteiger partial charge in [0, 0.05) is 6.54 Å². The minimum absolute atomic E-state index is 0.0518. The third-order valence-corrected chi connectivity index (χ3v) is 7.69. The van der Waals surface area contributed by atoms with Crippen LogP contribution < -0.4 is 16.4 Å². The lowest BCUT2D eigenvalue weighted by Crippen LogP contribution is -2.61. The Morgan fingerprint density at radius 1 is 1.11 bits per heavy atom. The Kier molecular flexibility index (Phi) is 6.95. The molecule has 2 aliphatic carbocycles. The summed E-state index contributed by atoms with van der Waals surface area (Å²) in [6, 6.07) is -3.48. The van der Waals surface area contributed by atoms with Crippen LogP contribution in [-0.4, -0.2) is 70.6 Å². The van der Waals surface area contributed by atoms with E-state index in [0.29, 0.717) is 6.42 Å². The number of likely N-dealkylation sites (tertiary alicyclic amines) is 1. The van der Waals surface area contributed by atoms with E-state index in [1.54, 1.807) is 5.32 Å². The van der Waals surface area contributed by atoms with E-state index in [1.807, 2.05) is 13.8 Å². The number of fused-ring (bicyclic) bond motifs is 1. The van der Waals surface area contributed by atoms with Crippen molar-refractivity contribution in [3.05, 3.63) is 0 Å². The van der Waals surface area contributed by atoms with E-state index in [-0.39, 0.29) is 29.7 Å². The number of rotatable bonds is 8. The third kappa shape index (κ3) is 5.57. The average Bonchev–Trinajstić information content (AvgIpc) is 3.55. The highest BCUT2D eigenvalue weighted by Crippen LogP contribution is 2.65. The van der Waals surface area contributed by atoms with Gasteiger partial charge in [-0.1, -0.05) is 47.5 Å². The van der Waals surface area contributed by atoms with Crippen molar-refractivity contribution < 1.29 is 37.5 Å². The van der Waals surface area contributed by atoms with Crippen LogP contribution in [0.4, 0.5) is 13.2 Å². The predicted octanol–water partition coefficient (Wildman–Crippen LogP) is 0.694. The minimum Gasteiger partial charge on any atom is -0.381 e. The molecule has 4 amide bonds. The molecule has 198 valence electrons. The van der Waals surface area contributed by atoms with Crippen molar-refractivity contribution in [3.8, 4) is 0 Å². The van der Waals surface area contributed by atoms with Gasteiger partial charge < -0.3 is 26.4 Å². The van der Waals surface area contributed by atoms with E-state index in [4.69, 9.17) is 5.73 Å². The summed E-state index contributed by atoms with van der Waals surface area (Å²) in [4.78, 5) is 51.4. The number of nitrogens with one attached hydrogen (secondary N) is 2. The zero-order valence-corrected chi connectivity index (χ0v) is 20.6. The fourth-order valence-corrected chi connectivity index (χ4v) is 5.29. The van der Waals surface area contributed by atoms with E-state index in [9.17, 15) is 37.5 Å². The van der Waals surface area contributed by atoms with Crippen LogP contribution in [0, 0.1) is 28.6 Å². The van der Waals surface area contributed by atoms with Crippen LogP contribution in [-0.2, 0) is 19.2 Å². The predicted molar refractivity (Wildman–Crippen MR) is 118 cm³/mol. The normalized spacial score (nSPS) is 27.9. The molecule has 3 aliphatic rings. The van der Waals surface area contributed by atoms with Gasteiger partial charge in [-0.15, -0.1) is 0 Å². The van der Waals surface area contributed by atoms with Crippen molar-refractivity contribution in [3.63, 3.8) is 0 Å². The summed E-state index contributed by atoms with van der Waals surface area (Å²) in [5.74, 6) is -4.66. The molecule has 12 heteroatoms. The molecule has 0 spiro atoms. The largest absolute Gasteiger partial charge is 0.471 e. The molecule has 3 fully saturated rings. The number of aliphatic hydroxyl groups is 1. The van der Waals surface area contributed by atoms with Gasteiger partial charge in [-0.2, -0.15) is 13.2 Å². The van der Waals surface area contributed by atoms with Gasteiger partial charge in [0.15, 0.2) is 6.10 Å². The van der Waals surface area contributed by atoms with Gasteiger partial charge in [0.05, 0.1) is 6.04 Å². The molecule has 3 rings (SSSR count). The number of primary amides is 1. The summed E-state index contributed by atoms with van der Waals surface area (Å²) < 4.78 is 38.8. The SMILES string of the molecule is CC1(C)C2CN(C(=O)[C@@H](NC(=O)C(F)(F)F)C(C)(C)C)C(C(=O)NC(CC3CC3)C(O)C(N)=O)C21. The molecule has 0 aromatic rings. The number of halogens is 3. The molecule has 1 aliphatic heterocycles. The first-order chi connectivity index (χ1) is 15.9. The smallest absolute Gasteiger partial charge is 0.381 e. The molecule has 1 saturated heterocycles. The molecule has 1 heterocycles. The van der Waals surface area contributed by atoms with E-state index < -0.39 is 59.4 Å². The Morgan fingerprint density at radius 2 is 1.69 bits per heavy atom. The topological polar surface area (TPSA) is 142 Å². The third-order valence-electron chi connectivity index (χ3n) is 7.69. The fraction of sp³-hybridized carbons (Fsp3) is 0.826. The first-order valence-corrected chi connectivity index (χ1v) is 11.8. The van der Waals surface area contributed by atoms with E-state index in [2.05, 4.69) is 5.32 Å². The van der Waals surface area contributed by atoms with E-state index >= 15 is 0 Å². The Balaban J connectivity index is 1.85. The number of nitrogens with zero attached hydrogens (tertiary/aromatic N) is 1. The van der Waals surface area contributed by atoms with Crippen molar-refractivity contribution >= 4 is 23.6 Å². The maximum atomic E-state index is 13.5. The lowest BCUT2D eigenvalue weighted by atomic mass is 9.85. The monoisotopic (exact) mass is 504 g/mol. The van der Waals surface area contributed by atoms with E-state index in [0.717, 1.165) is 12.8 Å². The number of alkyl halides is 3. The number of carbonyl (C=O) groups excluding carboxylic acids is 4. The lowest BCUT2D eigenvalue weighted by Gasteiger charge is -2.38. The van der Waals surface area contributed by atoms with E-state index in [1.165, 1.54) is 25.7 Å². The molecule has 0 aromatic heterocycles. The first-order valence-electron chi connectivity index (χ1n) is 11.8. The van der Waals surface area contributed by atoms with Crippen LogP contribution in [0.25, 0.3) is 0 Å². The summed E-state index contributed by atoms with van der Waals surface area (Å²) >= 11 is 0. The number of nitrogens with two attached hydrogens (primary N) is 1. The second kappa shape index (κ2) is 8.94. The van der Waals surface area contributed by atoms with Crippen molar-refractivity contribution in [2.75, 3.05) is 6.54 Å².